The van der Waals surface area contributed by atoms with Gasteiger partial charge in [-0.25, -0.2) is 0 Å². The Morgan fingerprint density at radius 3 is 2.42 bits per heavy atom. The van der Waals surface area contributed by atoms with Gasteiger partial charge in [0.1, 0.15) is 0 Å². The average Bonchev–Trinajstić information content (AvgIpc) is 2.03. The normalized spacial score (nSPS) is 13.0. The second-order valence-corrected chi connectivity index (χ2v) is 3.37. The molecule has 0 radical (unpaired) electrons. The Kier molecular flexibility index (Phi) is 2.88. The minimum Gasteiger partial charge on any atom is -0.313 e. The molecule has 0 aliphatic heterocycles. The number of nitrogens with one attached hydrogen (secondary N) is 1. The lowest BCUT2D eigenvalue weighted by molar-refractivity contribution is 0.648. The summed E-state index contributed by atoms with van der Waals surface area (Å²) in [5.41, 5.74) is 4.10. The third-order valence-corrected chi connectivity index (χ3v) is 2.32. The summed E-state index contributed by atoms with van der Waals surface area (Å²) < 4.78 is 0. The fraction of sp³-hybridized carbons (Fsp3) is 0.455. The third-order valence-electron chi connectivity index (χ3n) is 2.32. The molecule has 0 amide bonds. The Morgan fingerprint density at radius 1 is 1.25 bits per heavy atom. The van der Waals surface area contributed by atoms with Crippen LogP contribution >= 0.6 is 0 Å². The first kappa shape index (κ1) is 9.27. The molecular weight excluding hydrogens is 146 g/mol. The Hall–Kier alpha value is -0.820. The van der Waals surface area contributed by atoms with Gasteiger partial charge in [0.05, 0.1) is 0 Å². The topological polar surface area (TPSA) is 12.0 Å². The van der Waals surface area contributed by atoms with Crippen molar-refractivity contribution in [1.82, 2.24) is 5.32 Å². The van der Waals surface area contributed by atoms with E-state index < -0.39 is 0 Å². The largest absolute Gasteiger partial charge is 0.313 e. The highest BCUT2D eigenvalue weighted by atomic mass is 14.9. The first-order valence-corrected chi connectivity index (χ1v) is 4.39. The molecule has 1 N–H and O–H groups in total. The number of hydrogen-bond donors (Lipinski definition) is 1. The molecule has 1 atom stereocenters. The molecule has 12 heavy (non-hydrogen) atoms. The van der Waals surface area contributed by atoms with Crippen molar-refractivity contribution in [3.8, 4) is 0 Å². The van der Waals surface area contributed by atoms with Gasteiger partial charge < -0.3 is 5.32 Å². The average molecular weight is 163 g/mol. The molecule has 0 saturated carbocycles. The van der Waals surface area contributed by atoms with E-state index in [-0.39, 0.29) is 0 Å². The van der Waals surface area contributed by atoms with Crippen molar-refractivity contribution in [3.63, 3.8) is 0 Å². The van der Waals surface area contributed by atoms with Crippen LogP contribution in [0.4, 0.5) is 0 Å². The zero-order valence-corrected chi connectivity index (χ0v) is 8.31. The van der Waals surface area contributed by atoms with Crippen LogP contribution in [0.5, 0.6) is 0 Å². The maximum Gasteiger partial charge on any atom is 0.0291 e. The molecule has 0 heterocycles. The summed E-state index contributed by atoms with van der Waals surface area (Å²) >= 11 is 0. The van der Waals surface area contributed by atoms with Gasteiger partial charge in [0.25, 0.3) is 0 Å². The quantitative estimate of drug-likeness (QED) is 0.706. The second kappa shape index (κ2) is 3.72. The highest BCUT2D eigenvalue weighted by Crippen LogP contribution is 2.17. The highest BCUT2D eigenvalue weighted by molar-refractivity contribution is 5.32. The summed E-state index contributed by atoms with van der Waals surface area (Å²) in [7, 11) is 1.99. The van der Waals surface area contributed by atoms with E-state index in [0.717, 1.165) is 0 Å². The zero-order valence-electron chi connectivity index (χ0n) is 8.31. The minimum atomic E-state index is 0.450. The fourth-order valence-electron chi connectivity index (χ4n) is 1.47. The Bertz CT molecular complexity index is 266. The van der Waals surface area contributed by atoms with E-state index >= 15 is 0 Å². The van der Waals surface area contributed by atoms with Crippen LogP contribution in [-0.2, 0) is 0 Å². The number of benzene rings is 1. The molecule has 1 aromatic rings. The molecule has 0 bridgehead atoms. The number of hydrogen-bond acceptors (Lipinski definition) is 1. The van der Waals surface area contributed by atoms with Gasteiger partial charge in [0.2, 0.25) is 0 Å². The van der Waals surface area contributed by atoms with Crippen LogP contribution in [0.2, 0.25) is 0 Å². The highest BCUT2D eigenvalue weighted by Gasteiger charge is 2.04. The second-order valence-electron chi connectivity index (χ2n) is 3.37. The van der Waals surface area contributed by atoms with Crippen molar-refractivity contribution in [1.29, 1.82) is 0 Å². The molecule has 0 unspecified atom stereocenters. The predicted octanol–water partition coefficient (Wildman–Crippen LogP) is 2.58. The van der Waals surface area contributed by atoms with Gasteiger partial charge in [-0.05, 0) is 38.9 Å². The van der Waals surface area contributed by atoms with Crippen molar-refractivity contribution >= 4 is 0 Å². The SMILES string of the molecule is CN[C@@H](C)c1ccc(C)cc1C. The maximum absolute atomic E-state index is 3.24. The molecule has 0 aromatic heterocycles. The molecule has 1 rings (SSSR count). The van der Waals surface area contributed by atoms with Gasteiger partial charge in [-0.15, -0.1) is 0 Å². The summed E-state index contributed by atoms with van der Waals surface area (Å²) in [4.78, 5) is 0. The molecule has 0 aliphatic carbocycles. The molecule has 1 nitrogen and oxygen atoms in total. The van der Waals surface area contributed by atoms with E-state index in [2.05, 4.69) is 44.3 Å². The van der Waals surface area contributed by atoms with Crippen LogP contribution in [0.25, 0.3) is 0 Å². The summed E-state index contributed by atoms with van der Waals surface area (Å²) in [5, 5.41) is 3.24. The van der Waals surface area contributed by atoms with Gasteiger partial charge >= 0.3 is 0 Å². The van der Waals surface area contributed by atoms with Crippen molar-refractivity contribution < 1.29 is 0 Å². The Morgan fingerprint density at radius 2 is 1.92 bits per heavy atom. The zero-order chi connectivity index (χ0) is 9.14. The number of aryl methyl sites for hydroxylation is 2. The molecular formula is C11H17N. The van der Waals surface area contributed by atoms with Gasteiger partial charge in [0.15, 0.2) is 0 Å². The smallest absolute Gasteiger partial charge is 0.0291 e. The summed E-state index contributed by atoms with van der Waals surface area (Å²) in [6.07, 6.45) is 0. The van der Waals surface area contributed by atoms with Crippen LogP contribution in [0.3, 0.4) is 0 Å². The van der Waals surface area contributed by atoms with Crippen molar-refractivity contribution in [2.24, 2.45) is 0 Å². The van der Waals surface area contributed by atoms with Crippen molar-refractivity contribution in [2.75, 3.05) is 7.05 Å². The first-order valence-electron chi connectivity index (χ1n) is 4.39. The van der Waals surface area contributed by atoms with Crippen LogP contribution in [-0.4, -0.2) is 7.05 Å². The van der Waals surface area contributed by atoms with Crippen LogP contribution in [0.1, 0.15) is 29.7 Å². The van der Waals surface area contributed by atoms with Crippen LogP contribution in [0.15, 0.2) is 18.2 Å². The molecule has 66 valence electrons. The lowest BCUT2D eigenvalue weighted by Crippen LogP contribution is -2.13. The predicted molar refractivity (Wildman–Crippen MR) is 53.4 cm³/mol. The fourth-order valence-corrected chi connectivity index (χ4v) is 1.47. The van der Waals surface area contributed by atoms with Crippen molar-refractivity contribution in [3.05, 3.63) is 34.9 Å². The van der Waals surface area contributed by atoms with E-state index in [4.69, 9.17) is 0 Å². The first-order chi connectivity index (χ1) is 5.65. The van der Waals surface area contributed by atoms with E-state index in [1.807, 2.05) is 7.05 Å². The number of rotatable bonds is 2. The molecule has 1 heteroatoms. The molecule has 1 aromatic carbocycles. The lowest BCUT2D eigenvalue weighted by atomic mass is 10.0. The lowest BCUT2D eigenvalue weighted by Gasteiger charge is -2.13. The maximum atomic E-state index is 3.24. The van der Waals surface area contributed by atoms with Crippen LogP contribution < -0.4 is 5.32 Å². The van der Waals surface area contributed by atoms with Gasteiger partial charge in [-0.1, -0.05) is 23.8 Å². The summed E-state index contributed by atoms with van der Waals surface area (Å²) in [6, 6.07) is 7.04. The van der Waals surface area contributed by atoms with Gasteiger partial charge in [-0.3, -0.25) is 0 Å². The summed E-state index contributed by atoms with van der Waals surface area (Å²) in [6.45, 7) is 6.47. The van der Waals surface area contributed by atoms with Gasteiger partial charge in [0, 0.05) is 6.04 Å². The van der Waals surface area contributed by atoms with Crippen LogP contribution in [0, 0.1) is 13.8 Å². The van der Waals surface area contributed by atoms with Gasteiger partial charge in [-0.2, -0.15) is 0 Å². The Labute approximate surface area is 74.8 Å². The van der Waals surface area contributed by atoms with Crippen molar-refractivity contribution in [2.45, 2.75) is 26.8 Å². The Balaban J connectivity index is 3.01. The summed E-state index contributed by atoms with van der Waals surface area (Å²) in [5.74, 6) is 0. The minimum absolute atomic E-state index is 0.450. The van der Waals surface area contributed by atoms with E-state index in [0.29, 0.717) is 6.04 Å². The standard InChI is InChI=1S/C11H17N/c1-8-5-6-11(9(2)7-8)10(3)12-4/h5-7,10,12H,1-4H3/t10-/m0/s1. The van der Waals surface area contributed by atoms with E-state index in [1.54, 1.807) is 0 Å². The molecule has 0 saturated heterocycles. The third kappa shape index (κ3) is 1.86. The molecule has 0 fully saturated rings. The molecule has 0 aliphatic rings. The monoisotopic (exact) mass is 163 g/mol. The van der Waals surface area contributed by atoms with E-state index in [1.165, 1.54) is 16.7 Å². The van der Waals surface area contributed by atoms with E-state index in [9.17, 15) is 0 Å². The molecule has 0 spiro atoms.